The van der Waals surface area contributed by atoms with Crippen molar-refractivity contribution in [3.8, 4) is 11.5 Å². The van der Waals surface area contributed by atoms with Gasteiger partial charge in [0.05, 0.1) is 7.11 Å². The Hall–Kier alpha value is -3.25. The van der Waals surface area contributed by atoms with Crippen LogP contribution in [0.4, 0.5) is 0 Å². The van der Waals surface area contributed by atoms with E-state index in [0.29, 0.717) is 16.9 Å². The van der Waals surface area contributed by atoms with Gasteiger partial charge in [-0.1, -0.05) is 18.2 Å². The van der Waals surface area contributed by atoms with Crippen molar-refractivity contribution >= 4 is 29.3 Å². The molecule has 2 aromatic carbocycles. The minimum atomic E-state index is -0.536. The van der Waals surface area contributed by atoms with E-state index in [1.54, 1.807) is 42.4 Å². The molecule has 0 aliphatic rings. The number of benzene rings is 2. The van der Waals surface area contributed by atoms with Gasteiger partial charge in [0.1, 0.15) is 0 Å². The average molecular weight is 392 g/mol. The zero-order chi connectivity index (χ0) is 19.9. The fourth-order valence-electron chi connectivity index (χ4n) is 2.66. The van der Waals surface area contributed by atoms with Gasteiger partial charge >= 0.3 is 0 Å². The van der Waals surface area contributed by atoms with Crippen LogP contribution in [0, 0.1) is 0 Å². The summed E-state index contributed by atoms with van der Waals surface area (Å²) in [5.74, 6) is 0.633. The zero-order valence-electron chi connectivity index (χ0n) is 15.3. The maximum atomic E-state index is 12.1. The molecule has 0 spiro atoms. The van der Waals surface area contributed by atoms with Gasteiger partial charge in [-0.05, 0) is 59.2 Å². The van der Waals surface area contributed by atoms with Crippen molar-refractivity contribution in [3.05, 3.63) is 83.7 Å². The molecule has 142 valence electrons. The Balaban J connectivity index is 1.86. The Bertz CT molecular complexity index is 1000. The first-order valence-corrected chi connectivity index (χ1v) is 9.56. The Kier molecular flexibility index (Phi) is 6.34. The first-order valence-electron chi connectivity index (χ1n) is 8.57. The van der Waals surface area contributed by atoms with Gasteiger partial charge in [0.15, 0.2) is 11.5 Å². The number of ether oxygens (including phenoxy) is 1. The van der Waals surface area contributed by atoms with Gasteiger partial charge in [-0.25, -0.2) is 0 Å². The number of carbonyl (C=O) groups excluding carboxylic acids is 1. The number of primary amides is 1. The van der Waals surface area contributed by atoms with Crippen molar-refractivity contribution in [2.45, 2.75) is 10.6 Å². The number of phenols is 1. The predicted molar refractivity (Wildman–Crippen MR) is 112 cm³/mol. The number of hydrogen-bond acceptors (Lipinski definition) is 5. The van der Waals surface area contributed by atoms with Crippen LogP contribution in [0.3, 0.4) is 0 Å². The molecule has 6 heteroatoms. The van der Waals surface area contributed by atoms with E-state index in [4.69, 9.17) is 10.5 Å². The molecule has 0 atom stereocenters. The normalized spacial score (nSPS) is 11.2. The number of hydrogen-bond donors (Lipinski definition) is 2. The van der Waals surface area contributed by atoms with Crippen LogP contribution < -0.4 is 10.5 Å². The summed E-state index contributed by atoms with van der Waals surface area (Å²) in [5, 5.41) is 9.96. The molecular formula is C22H20N2O3S. The fraction of sp³-hybridized carbons (Fsp3) is 0.0909. The number of nitrogens with zero attached hydrogens (tertiary/aromatic N) is 1. The summed E-state index contributed by atoms with van der Waals surface area (Å²) in [6.45, 7) is 0. The Morgan fingerprint density at radius 3 is 2.64 bits per heavy atom. The lowest BCUT2D eigenvalue weighted by Crippen LogP contribution is -2.12. The highest BCUT2D eigenvalue weighted by Gasteiger charge is 2.11. The van der Waals surface area contributed by atoms with Crippen molar-refractivity contribution in [3.63, 3.8) is 0 Å². The minimum absolute atomic E-state index is 0.00160. The molecule has 0 saturated carbocycles. The lowest BCUT2D eigenvalue weighted by atomic mass is 10.0. The number of thioether (sulfide) groups is 1. The maximum absolute atomic E-state index is 12.1. The highest BCUT2D eigenvalue weighted by atomic mass is 32.2. The molecule has 3 rings (SSSR count). The lowest BCUT2D eigenvalue weighted by molar-refractivity contribution is -0.112. The van der Waals surface area contributed by atoms with E-state index in [2.05, 4.69) is 4.98 Å². The Labute approximate surface area is 167 Å². The summed E-state index contributed by atoms with van der Waals surface area (Å²) in [4.78, 5) is 17.1. The number of rotatable bonds is 7. The standard InChI is InChI=1S/C22H20N2O3S/c1-27-21-6-5-16(12-20(21)25)11-19(22(23)26)17-3-2-4-18(13-17)28-14-15-7-9-24-10-8-15/h2-13,25H,14H2,1H3,(H2,23,26)/b19-11+. The molecule has 0 bridgehead atoms. The van der Waals surface area contributed by atoms with E-state index in [0.717, 1.165) is 16.2 Å². The molecule has 0 fully saturated rings. The highest BCUT2D eigenvalue weighted by molar-refractivity contribution is 7.98. The van der Waals surface area contributed by atoms with Gasteiger partial charge in [-0.15, -0.1) is 11.8 Å². The third-order valence-corrected chi connectivity index (χ3v) is 5.14. The van der Waals surface area contributed by atoms with Crippen LogP contribution in [0.1, 0.15) is 16.7 Å². The molecule has 0 unspecified atom stereocenters. The van der Waals surface area contributed by atoms with Gasteiger partial charge in [0.25, 0.3) is 0 Å². The van der Waals surface area contributed by atoms with E-state index < -0.39 is 5.91 Å². The number of pyridine rings is 1. The summed E-state index contributed by atoms with van der Waals surface area (Å²) in [5.41, 5.74) is 8.54. The minimum Gasteiger partial charge on any atom is -0.504 e. The van der Waals surface area contributed by atoms with E-state index in [1.165, 1.54) is 18.7 Å². The quantitative estimate of drug-likeness (QED) is 0.359. The summed E-state index contributed by atoms with van der Waals surface area (Å²) in [7, 11) is 1.48. The monoisotopic (exact) mass is 392 g/mol. The van der Waals surface area contributed by atoms with Crippen LogP contribution in [-0.2, 0) is 10.5 Å². The van der Waals surface area contributed by atoms with E-state index in [9.17, 15) is 9.90 Å². The third-order valence-electron chi connectivity index (χ3n) is 4.08. The molecule has 5 nitrogen and oxygen atoms in total. The van der Waals surface area contributed by atoms with Crippen LogP contribution in [0.15, 0.2) is 71.9 Å². The second kappa shape index (κ2) is 9.10. The second-order valence-electron chi connectivity index (χ2n) is 6.03. The predicted octanol–water partition coefficient (Wildman–Crippen LogP) is 4.11. The molecule has 1 aromatic heterocycles. The number of aromatic nitrogens is 1. The number of phenolic OH excluding ortho intramolecular Hbond substituents is 1. The van der Waals surface area contributed by atoms with Crippen LogP contribution in [0.25, 0.3) is 11.6 Å². The number of carbonyl (C=O) groups is 1. The summed E-state index contributed by atoms with van der Waals surface area (Å²) >= 11 is 1.67. The number of aromatic hydroxyl groups is 1. The largest absolute Gasteiger partial charge is 0.504 e. The Morgan fingerprint density at radius 1 is 1.18 bits per heavy atom. The molecule has 1 amide bonds. The van der Waals surface area contributed by atoms with Crippen LogP contribution in [0.2, 0.25) is 0 Å². The topological polar surface area (TPSA) is 85.4 Å². The lowest BCUT2D eigenvalue weighted by Gasteiger charge is -2.08. The van der Waals surface area contributed by atoms with Crippen molar-refractivity contribution < 1.29 is 14.6 Å². The molecule has 3 aromatic rings. The third kappa shape index (κ3) is 4.92. The molecule has 3 N–H and O–H groups in total. The molecule has 0 saturated heterocycles. The first kappa shape index (κ1) is 19.5. The molecule has 0 aliphatic heterocycles. The van der Waals surface area contributed by atoms with Crippen molar-refractivity contribution in [1.82, 2.24) is 4.98 Å². The average Bonchev–Trinajstić information content (AvgIpc) is 2.71. The van der Waals surface area contributed by atoms with Crippen LogP contribution in [0.5, 0.6) is 11.5 Å². The van der Waals surface area contributed by atoms with Crippen molar-refractivity contribution in [2.24, 2.45) is 5.73 Å². The van der Waals surface area contributed by atoms with Gasteiger partial charge in [0, 0.05) is 28.6 Å². The maximum Gasteiger partial charge on any atom is 0.249 e. The Morgan fingerprint density at radius 2 is 1.96 bits per heavy atom. The molecule has 0 aliphatic carbocycles. The second-order valence-corrected chi connectivity index (χ2v) is 7.07. The smallest absolute Gasteiger partial charge is 0.249 e. The van der Waals surface area contributed by atoms with Crippen molar-refractivity contribution in [2.75, 3.05) is 7.11 Å². The van der Waals surface area contributed by atoms with Gasteiger partial charge in [0.2, 0.25) is 5.91 Å². The van der Waals surface area contributed by atoms with E-state index in [1.807, 2.05) is 36.4 Å². The van der Waals surface area contributed by atoms with Gasteiger partial charge in [-0.3, -0.25) is 9.78 Å². The number of methoxy groups -OCH3 is 1. The molecule has 28 heavy (non-hydrogen) atoms. The molecule has 1 heterocycles. The van der Waals surface area contributed by atoms with E-state index >= 15 is 0 Å². The zero-order valence-corrected chi connectivity index (χ0v) is 16.1. The van der Waals surface area contributed by atoms with Crippen molar-refractivity contribution in [1.29, 1.82) is 0 Å². The fourth-order valence-corrected chi connectivity index (χ4v) is 3.57. The molecule has 0 radical (unpaired) electrons. The first-order chi connectivity index (χ1) is 13.6. The SMILES string of the molecule is COc1ccc(/C=C(/C(N)=O)c2cccc(SCc3ccncc3)c2)cc1O. The summed E-state index contributed by atoms with van der Waals surface area (Å²) < 4.78 is 5.05. The number of amides is 1. The number of nitrogens with two attached hydrogens (primary N) is 1. The van der Waals surface area contributed by atoms with Gasteiger partial charge in [-0.2, -0.15) is 0 Å². The summed E-state index contributed by atoms with van der Waals surface area (Å²) in [6, 6.07) is 16.5. The molecular weight excluding hydrogens is 372 g/mol. The van der Waals surface area contributed by atoms with E-state index in [-0.39, 0.29) is 5.75 Å². The highest BCUT2D eigenvalue weighted by Crippen LogP contribution is 2.30. The van der Waals surface area contributed by atoms with Crippen LogP contribution in [-0.4, -0.2) is 23.1 Å². The van der Waals surface area contributed by atoms with Gasteiger partial charge < -0.3 is 15.6 Å². The summed E-state index contributed by atoms with van der Waals surface area (Å²) in [6.07, 6.45) is 5.20. The van der Waals surface area contributed by atoms with Crippen LogP contribution >= 0.6 is 11.8 Å².